The van der Waals surface area contributed by atoms with Gasteiger partial charge in [-0.15, -0.1) is 0 Å². The molecule has 0 saturated carbocycles. The molecule has 0 aliphatic carbocycles. The van der Waals surface area contributed by atoms with Crippen molar-refractivity contribution in [3.63, 3.8) is 0 Å². The lowest BCUT2D eigenvalue weighted by Crippen LogP contribution is -2.47. The molecular weight excluding hydrogens is 244 g/mol. The molecule has 1 aromatic carbocycles. The van der Waals surface area contributed by atoms with Crippen LogP contribution in [-0.2, 0) is 5.60 Å². The highest BCUT2D eigenvalue weighted by Crippen LogP contribution is 2.50. The fourth-order valence-corrected chi connectivity index (χ4v) is 4.12. The Hall–Kier alpha value is -0.670. The molecule has 1 saturated heterocycles. The van der Waals surface area contributed by atoms with Gasteiger partial charge in [-0.25, -0.2) is 0 Å². The number of benzene rings is 1. The first-order chi connectivity index (χ1) is 8.51. The smallest absolute Gasteiger partial charge is 0.125 e. The minimum Gasteiger partial charge on any atom is -0.493 e. The maximum Gasteiger partial charge on any atom is 0.125 e. The van der Waals surface area contributed by atoms with Crippen LogP contribution in [0.25, 0.3) is 0 Å². The number of aliphatic hydroxyl groups is 1. The van der Waals surface area contributed by atoms with Gasteiger partial charge in [0.25, 0.3) is 0 Å². The average Bonchev–Trinajstić information content (AvgIpc) is 2.34. The summed E-state index contributed by atoms with van der Waals surface area (Å²) in [5.74, 6) is 2.68. The molecule has 0 spiro atoms. The minimum absolute atomic E-state index is 0.120. The predicted molar refractivity (Wildman–Crippen MR) is 77.2 cm³/mol. The highest BCUT2D eigenvalue weighted by Gasteiger charge is 2.48. The van der Waals surface area contributed by atoms with Gasteiger partial charge in [-0.1, -0.05) is 32.0 Å². The molecule has 1 aromatic rings. The zero-order valence-corrected chi connectivity index (χ0v) is 12.2. The molecule has 0 radical (unpaired) electrons. The zero-order valence-electron chi connectivity index (χ0n) is 11.4. The predicted octanol–water partition coefficient (Wildman–Crippen LogP) is 3.44. The first-order valence-electron chi connectivity index (χ1n) is 6.54. The summed E-state index contributed by atoms with van der Waals surface area (Å²) in [6.07, 6.45) is 1.02. The Balaban J connectivity index is 2.45. The monoisotopic (exact) mass is 266 g/mol. The average molecular weight is 266 g/mol. The number of hydrogen-bond donors (Lipinski definition) is 1. The summed E-state index contributed by atoms with van der Waals surface area (Å²) in [6.45, 7) is 6.90. The van der Waals surface area contributed by atoms with Crippen LogP contribution >= 0.6 is 11.8 Å². The van der Waals surface area contributed by atoms with Gasteiger partial charge in [0.2, 0.25) is 0 Å². The molecule has 2 rings (SSSR count). The number of hydrogen-bond acceptors (Lipinski definition) is 3. The third kappa shape index (κ3) is 2.26. The van der Waals surface area contributed by atoms with Crippen molar-refractivity contribution >= 4 is 11.8 Å². The van der Waals surface area contributed by atoms with Gasteiger partial charge >= 0.3 is 0 Å². The van der Waals surface area contributed by atoms with Crippen molar-refractivity contribution in [3.05, 3.63) is 29.8 Å². The molecule has 1 atom stereocenters. The molecule has 1 aliphatic heterocycles. The fraction of sp³-hybridized carbons (Fsp3) is 0.600. The topological polar surface area (TPSA) is 29.5 Å². The summed E-state index contributed by atoms with van der Waals surface area (Å²) in [5, 5.41) is 11.2. The van der Waals surface area contributed by atoms with E-state index in [1.165, 1.54) is 0 Å². The van der Waals surface area contributed by atoms with E-state index < -0.39 is 5.60 Å². The summed E-state index contributed by atoms with van der Waals surface area (Å²) in [4.78, 5) is 0. The molecule has 100 valence electrons. The van der Waals surface area contributed by atoms with Crippen molar-refractivity contribution < 1.29 is 9.84 Å². The maximum absolute atomic E-state index is 11.2. The molecule has 1 unspecified atom stereocenters. The van der Waals surface area contributed by atoms with E-state index in [4.69, 9.17) is 4.74 Å². The Morgan fingerprint density at radius 1 is 1.33 bits per heavy atom. The molecule has 1 fully saturated rings. The summed E-state index contributed by atoms with van der Waals surface area (Å²) < 4.78 is 5.68. The van der Waals surface area contributed by atoms with Crippen molar-refractivity contribution in [1.82, 2.24) is 0 Å². The van der Waals surface area contributed by atoms with Gasteiger partial charge in [-0.2, -0.15) is 11.8 Å². The molecule has 1 aliphatic rings. The number of thioether (sulfide) groups is 1. The van der Waals surface area contributed by atoms with Crippen LogP contribution in [0, 0.1) is 5.41 Å². The Morgan fingerprint density at radius 2 is 2.06 bits per heavy atom. The van der Waals surface area contributed by atoms with E-state index in [0.29, 0.717) is 6.61 Å². The first-order valence-corrected chi connectivity index (χ1v) is 7.69. The molecule has 1 N–H and O–H groups in total. The number of ether oxygens (including phenoxy) is 1. The van der Waals surface area contributed by atoms with Crippen molar-refractivity contribution in [2.24, 2.45) is 5.41 Å². The van der Waals surface area contributed by atoms with Crippen molar-refractivity contribution in [3.8, 4) is 5.75 Å². The molecule has 18 heavy (non-hydrogen) atoms. The fourth-order valence-electron chi connectivity index (χ4n) is 2.48. The van der Waals surface area contributed by atoms with Crippen LogP contribution in [0.2, 0.25) is 0 Å². The van der Waals surface area contributed by atoms with Crippen LogP contribution < -0.4 is 4.74 Å². The lowest BCUT2D eigenvalue weighted by atomic mass is 9.69. The molecular formula is C15H22O2S. The van der Waals surface area contributed by atoms with Crippen LogP contribution in [0.3, 0.4) is 0 Å². The van der Waals surface area contributed by atoms with E-state index in [0.717, 1.165) is 29.2 Å². The van der Waals surface area contributed by atoms with E-state index >= 15 is 0 Å². The van der Waals surface area contributed by atoms with E-state index in [2.05, 4.69) is 13.8 Å². The van der Waals surface area contributed by atoms with E-state index in [9.17, 15) is 5.11 Å². The van der Waals surface area contributed by atoms with E-state index in [-0.39, 0.29) is 5.41 Å². The van der Waals surface area contributed by atoms with Crippen molar-refractivity contribution in [2.45, 2.75) is 32.8 Å². The minimum atomic E-state index is -0.804. The maximum atomic E-state index is 11.2. The van der Waals surface area contributed by atoms with Gasteiger partial charge in [0.05, 0.1) is 6.61 Å². The van der Waals surface area contributed by atoms with Crippen LogP contribution in [0.1, 0.15) is 32.8 Å². The van der Waals surface area contributed by atoms with Gasteiger partial charge < -0.3 is 9.84 Å². The lowest BCUT2D eigenvalue weighted by molar-refractivity contribution is -0.0595. The third-order valence-electron chi connectivity index (χ3n) is 3.93. The normalized spacial score (nSPS) is 26.9. The van der Waals surface area contributed by atoms with Gasteiger partial charge in [0.1, 0.15) is 11.4 Å². The molecule has 0 aromatic heterocycles. The molecule has 3 heteroatoms. The van der Waals surface area contributed by atoms with Crippen LogP contribution in [-0.4, -0.2) is 23.2 Å². The standard InChI is InChI=1S/C15H22O2S/c1-4-17-13-8-6-5-7-12(13)15(16)11-18-10-9-14(15,2)3/h5-8,16H,4,9-11H2,1-3H3. The van der Waals surface area contributed by atoms with E-state index in [1.807, 2.05) is 43.0 Å². The molecule has 1 heterocycles. The second-order valence-corrected chi connectivity index (χ2v) is 6.58. The Bertz CT molecular complexity index is 417. The second kappa shape index (κ2) is 5.14. The summed E-state index contributed by atoms with van der Waals surface area (Å²) in [6, 6.07) is 7.89. The molecule has 0 amide bonds. The van der Waals surface area contributed by atoms with E-state index in [1.54, 1.807) is 0 Å². The second-order valence-electron chi connectivity index (χ2n) is 5.48. The molecule has 0 bridgehead atoms. The highest BCUT2D eigenvalue weighted by atomic mass is 32.2. The van der Waals surface area contributed by atoms with Crippen molar-refractivity contribution in [1.29, 1.82) is 0 Å². The van der Waals surface area contributed by atoms with Crippen LogP contribution in [0.4, 0.5) is 0 Å². The highest BCUT2D eigenvalue weighted by molar-refractivity contribution is 7.99. The number of para-hydroxylation sites is 1. The first kappa shape index (κ1) is 13.8. The number of rotatable bonds is 3. The van der Waals surface area contributed by atoms with Gasteiger partial charge in [0.15, 0.2) is 0 Å². The largest absolute Gasteiger partial charge is 0.493 e. The zero-order chi connectivity index (χ0) is 13.2. The summed E-state index contributed by atoms with van der Waals surface area (Å²) in [5.41, 5.74) is 0.0108. The van der Waals surface area contributed by atoms with Gasteiger partial charge in [0, 0.05) is 11.3 Å². The van der Waals surface area contributed by atoms with Crippen LogP contribution in [0.15, 0.2) is 24.3 Å². The quantitative estimate of drug-likeness (QED) is 0.909. The Kier molecular flexibility index (Phi) is 3.93. The van der Waals surface area contributed by atoms with Crippen molar-refractivity contribution in [2.75, 3.05) is 18.1 Å². The summed E-state index contributed by atoms with van der Waals surface area (Å²) >= 11 is 1.82. The van der Waals surface area contributed by atoms with Gasteiger partial charge in [-0.3, -0.25) is 0 Å². The third-order valence-corrected chi connectivity index (χ3v) is 5.05. The van der Waals surface area contributed by atoms with Gasteiger partial charge in [-0.05, 0) is 30.6 Å². The van der Waals surface area contributed by atoms with Crippen LogP contribution in [0.5, 0.6) is 5.75 Å². The summed E-state index contributed by atoms with van der Waals surface area (Å²) in [7, 11) is 0. The lowest BCUT2D eigenvalue weighted by Gasteiger charge is -2.46. The molecule has 2 nitrogen and oxygen atoms in total. The Labute approximate surface area is 114 Å². The SMILES string of the molecule is CCOc1ccccc1C1(O)CSCCC1(C)C. The Morgan fingerprint density at radius 3 is 2.72 bits per heavy atom.